The lowest BCUT2D eigenvalue weighted by Gasteiger charge is -2.33. The van der Waals surface area contributed by atoms with Gasteiger partial charge in [-0.2, -0.15) is 0 Å². The smallest absolute Gasteiger partial charge is 0.262 e. The summed E-state index contributed by atoms with van der Waals surface area (Å²) in [5.41, 5.74) is 0.749. The number of amides is 2. The van der Waals surface area contributed by atoms with E-state index < -0.39 is 24.9 Å². The summed E-state index contributed by atoms with van der Waals surface area (Å²) >= 11 is 0. The van der Waals surface area contributed by atoms with Crippen molar-refractivity contribution in [3.05, 3.63) is 30.3 Å². The Morgan fingerprint density at radius 2 is 1.80 bits per heavy atom. The number of likely N-dealkylation sites (tertiary alicyclic amines) is 1. The molecule has 2 aliphatic heterocycles. The molecule has 138 valence electrons. The number of piperidine rings is 1. The lowest BCUT2D eigenvalue weighted by molar-refractivity contribution is -0.136. The first kappa shape index (κ1) is 19.6. The van der Waals surface area contributed by atoms with E-state index in [1.165, 1.54) is 0 Å². The second kappa shape index (κ2) is 8.10. The Labute approximate surface area is 151 Å². The van der Waals surface area contributed by atoms with E-state index >= 15 is 0 Å². The van der Waals surface area contributed by atoms with Crippen LogP contribution in [0.3, 0.4) is 0 Å². The van der Waals surface area contributed by atoms with E-state index in [1.807, 2.05) is 30.3 Å². The molecule has 0 spiro atoms. The molecule has 0 aromatic heterocycles. The van der Waals surface area contributed by atoms with Gasteiger partial charge in [-0.25, -0.2) is 8.78 Å². The number of carbonyl (C=O) groups excluding carboxylic acids is 2. The van der Waals surface area contributed by atoms with Crippen LogP contribution in [0.25, 0.3) is 0 Å². The summed E-state index contributed by atoms with van der Waals surface area (Å²) in [6, 6.07) is 8.41. The third-order valence-corrected chi connectivity index (χ3v) is 4.63. The number of anilines is 1. The minimum atomic E-state index is -2.81. The molecule has 2 heterocycles. The molecule has 1 aromatic rings. The molecule has 2 fully saturated rings. The van der Waals surface area contributed by atoms with E-state index in [0.29, 0.717) is 25.9 Å². The van der Waals surface area contributed by atoms with Gasteiger partial charge in [-0.3, -0.25) is 14.9 Å². The van der Waals surface area contributed by atoms with Crippen molar-refractivity contribution in [2.75, 3.05) is 25.0 Å². The van der Waals surface area contributed by atoms with Crippen LogP contribution < -0.4 is 10.6 Å². The zero-order chi connectivity index (χ0) is 17.2. The molecule has 0 saturated carbocycles. The van der Waals surface area contributed by atoms with Gasteiger partial charge in [-0.05, 0) is 25.0 Å². The van der Waals surface area contributed by atoms with Crippen molar-refractivity contribution in [1.82, 2.24) is 10.2 Å². The van der Waals surface area contributed by atoms with Crippen LogP contribution in [-0.2, 0) is 9.59 Å². The number of halogens is 3. The van der Waals surface area contributed by atoms with Crippen molar-refractivity contribution in [2.24, 2.45) is 5.92 Å². The van der Waals surface area contributed by atoms with Crippen LogP contribution in [0.4, 0.5) is 14.5 Å². The molecule has 3 rings (SSSR count). The van der Waals surface area contributed by atoms with Crippen molar-refractivity contribution < 1.29 is 18.4 Å². The first-order valence-electron chi connectivity index (χ1n) is 8.20. The molecular formula is C17H22ClF2N3O2. The van der Waals surface area contributed by atoms with E-state index in [9.17, 15) is 18.4 Å². The highest BCUT2D eigenvalue weighted by Crippen LogP contribution is 2.27. The van der Waals surface area contributed by atoms with Crippen LogP contribution in [0.15, 0.2) is 30.3 Å². The maximum absolute atomic E-state index is 13.2. The van der Waals surface area contributed by atoms with Gasteiger partial charge in [0, 0.05) is 31.1 Å². The van der Waals surface area contributed by atoms with Gasteiger partial charge in [0.25, 0.3) is 5.92 Å². The van der Waals surface area contributed by atoms with Crippen molar-refractivity contribution in [1.29, 1.82) is 0 Å². The predicted molar refractivity (Wildman–Crippen MR) is 93.0 cm³/mol. The zero-order valence-corrected chi connectivity index (χ0v) is 14.5. The molecule has 8 heteroatoms. The summed E-state index contributed by atoms with van der Waals surface area (Å²) in [6.07, 6.45) is 0.654. The highest BCUT2D eigenvalue weighted by atomic mass is 35.5. The standard InChI is InChI=1S/C17H21F2N3O2.ClH/c18-17(19)10-14(20-11-17)16(24)22-8-6-12(7-9-22)15(23)21-13-4-2-1-3-5-13;/h1-5,12,14,20H,6-11H2,(H,21,23);1H. The van der Waals surface area contributed by atoms with E-state index in [2.05, 4.69) is 10.6 Å². The largest absolute Gasteiger partial charge is 0.341 e. The number of hydrogen-bond acceptors (Lipinski definition) is 3. The molecule has 2 amide bonds. The minimum absolute atomic E-state index is 0. The molecule has 2 aliphatic rings. The Kier molecular flexibility index (Phi) is 6.35. The topological polar surface area (TPSA) is 61.4 Å². The second-order valence-corrected chi connectivity index (χ2v) is 6.45. The molecular weight excluding hydrogens is 352 g/mol. The average molecular weight is 374 g/mol. The summed E-state index contributed by atoms with van der Waals surface area (Å²) < 4.78 is 26.4. The lowest BCUT2D eigenvalue weighted by Crippen LogP contribution is -2.48. The quantitative estimate of drug-likeness (QED) is 0.854. The van der Waals surface area contributed by atoms with Gasteiger partial charge in [0.1, 0.15) is 0 Å². The van der Waals surface area contributed by atoms with Gasteiger partial charge in [0.05, 0.1) is 12.6 Å². The fourth-order valence-corrected chi connectivity index (χ4v) is 3.24. The van der Waals surface area contributed by atoms with Gasteiger partial charge in [0.2, 0.25) is 11.8 Å². The highest BCUT2D eigenvalue weighted by Gasteiger charge is 2.44. The first-order chi connectivity index (χ1) is 11.4. The third kappa shape index (κ3) is 4.89. The van der Waals surface area contributed by atoms with Crippen LogP contribution in [-0.4, -0.2) is 48.3 Å². The van der Waals surface area contributed by atoms with Crippen molar-refractivity contribution in [3.63, 3.8) is 0 Å². The van der Waals surface area contributed by atoms with Gasteiger partial charge in [-0.1, -0.05) is 18.2 Å². The molecule has 0 bridgehead atoms. The SMILES string of the molecule is Cl.O=C(Nc1ccccc1)C1CCN(C(=O)C2CC(F)(F)CN2)CC1. The Hall–Kier alpha value is -1.73. The fraction of sp³-hybridized carbons (Fsp3) is 0.529. The number of hydrogen-bond donors (Lipinski definition) is 2. The molecule has 25 heavy (non-hydrogen) atoms. The van der Waals surface area contributed by atoms with Crippen molar-refractivity contribution in [2.45, 2.75) is 31.2 Å². The second-order valence-electron chi connectivity index (χ2n) is 6.45. The lowest BCUT2D eigenvalue weighted by atomic mass is 9.95. The first-order valence-corrected chi connectivity index (χ1v) is 8.20. The Bertz CT molecular complexity index is 607. The van der Waals surface area contributed by atoms with Crippen LogP contribution >= 0.6 is 12.4 Å². The maximum Gasteiger partial charge on any atom is 0.262 e. The molecule has 1 unspecified atom stereocenters. The summed E-state index contributed by atoms with van der Waals surface area (Å²) in [5, 5.41) is 5.46. The molecule has 2 N–H and O–H groups in total. The maximum atomic E-state index is 13.2. The molecule has 2 saturated heterocycles. The third-order valence-electron chi connectivity index (χ3n) is 4.63. The molecule has 0 radical (unpaired) electrons. The Morgan fingerprint density at radius 1 is 1.16 bits per heavy atom. The van der Waals surface area contributed by atoms with Gasteiger partial charge >= 0.3 is 0 Å². The number of alkyl halides is 2. The van der Waals surface area contributed by atoms with E-state index in [0.717, 1.165) is 5.69 Å². The summed E-state index contributed by atoms with van der Waals surface area (Å²) in [7, 11) is 0. The van der Waals surface area contributed by atoms with Crippen LogP contribution in [0.5, 0.6) is 0 Å². The Balaban J connectivity index is 0.00000225. The van der Waals surface area contributed by atoms with Crippen LogP contribution in [0.2, 0.25) is 0 Å². The number of para-hydroxylation sites is 1. The summed E-state index contributed by atoms with van der Waals surface area (Å²) in [4.78, 5) is 26.1. The monoisotopic (exact) mass is 373 g/mol. The highest BCUT2D eigenvalue weighted by molar-refractivity contribution is 5.92. The van der Waals surface area contributed by atoms with E-state index in [4.69, 9.17) is 0 Å². The zero-order valence-electron chi connectivity index (χ0n) is 13.7. The summed E-state index contributed by atoms with van der Waals surface area (Å²) in [5.74, 6) is -3.31. The van der Waals surface area contributed by atoms with Gasteiger partial charge in [-0.15, -0.1) is 12.4 Å². The van der Waals surface area contributed by atoms with Crippen LogP contribution in [0.1, 0.15) is 19.3 Å². The average Bonchev–Trinajstić information content (AvgIpc) is 2.95. The van der Waals surface area contributed by atoms with Crippen molar-refractivity contribution in [3.8, 4) is 0 Å². The van der Waals surface area contributed by atoms with E-state index in [1.54, 1.807) is 4.90 Å². The number of rotatable bonds is 3. The normalized spacial score (nSPS) is 23.0. The number of nitrogens with one attached hydrogen (secondary N) is 2. The molecule has 5 nitrogen and oxygen atoms in total. The number of benzene rings is 1. The predicted octanol–water partition coefficient (Wildman–Crippen LogP) is 2.28. The Morgan fingerprint density at radius 3 is 2.36 bits per heavy atom. The number of nitrogens with zero attached hydrogens (tertiary/aromatic N) is 1. The van der Waals surface area contributed by atoms with Crippen molar-refractivity contribution >= 4 is 29.9 Å². The number of carbonyl (C=O) groups is 2. The molecule has 1 aromatic carbocycles. The molecule has 0 aliphatic carbocycles. The fourth-order valence-electron chi connectivity index (χ4n) is 3.24. The van der Waals surface area contributed by atoms with Gasteiger partial charge in [0.15, 0.2) is 0 Å². The molecule has 1 atom stereocenters. The van der Waals surface area contributed by atoms with E-state index in [-0.39, 0.29) is 30.1 Å². The minimum Gasteiger partial charge on any atom is -0.341 e. The summed E-state index contributed by atoms with van der Waals surface area (Å²) in [6.45, 7) is 0.407. The van der Waals surface area contributed by atoms with Gasteiger partial charge < -0.3 is 10.2 Å². The van der Waals surface area contributed by atoms with Crippen LogP contribution in [0, 0.1) is 5.92 Å².